The van der Waals surface area contributed by atoms with E-state index in [1.807, 2.05) is 0 Å². The number of ketones is 1. The van der Waals surface area contributed by atoms with Crippen molar-refractivity contribution in [3.63, 3.8) is 0 Å². The Kier molecular flexibility index (Phi) is 3.94. The number of thiophene rings is 1. The molecule has 2 atom stereocenters. The lowest BCUT2D eigenvalue weighted by atomic mass is 9.81. The average molecular weight is 375 g/mol. The van der Waals surface area contributed by atoms with E-state index in [0.29, 0.717) is 11.3 Å². The van der Waals surface area contributed by atoms with Crippen LogP contribution in [0.1, 0.15) is 37.3 Å². The maximum atomic E-state index is 13.1. The molecule has 3 heteroatoms. The molecule has 0 spiro atoms. The highest BCUT2D eigenvalue weighted by molar-refractivity contribution is 7.17. The monoisotopic (exact) mass is 374 g/mol. The van der Waals surface area contributed by atoms with E-state index in [4.69, 9.17) is 0 Å². The van der Waals surface area contributed by atoms with Gasteiger partial charge in [0.05, 0.1) is 5.57 Å². The molecule has 1 heterocycles. The van der Waals surface area contributed by atoms with Crippen LogP contribution >= 0.6 is 11.3 Å². The Bertz CT molecular complexity index is 1090. The Morgan fingerprint density at radius 1 is 1.07 bits per heavy atom. The summed E-state index contributed by atoms with van der Waals surface area (Å²) in [5.74, 6) is 0.730. The predicted octanol–water partition coefficient (Wildman–Crippen LogP) is 6.40. The van der Waals surface area contributed by atoms with Crippen molar-refractivity contribution in [1.82, 2.24) is 0 Å². The molecule has 27 heavy (non-hydrogen) atoms. The Hall–Kier alpha value is -2.39. The molecule has 0 amide bonds. The molecule has 5 rings (SSSR count). The Morgan fingerprint density at radius 3 is 2.74 bits per heavy atom. The number of fused-ring (bicyclic) bond motifs is 3. The van der Waals surface area contributed by atoms with E-state index in [1.165, 1.54) is 15.6 Å². The summed E-state index contributed by atoms with van der Waals surface area (Å²) in [6, 6.07) is 14.8. The van der Waals surface area contributed by atoms with Crippen molar-refractivity contribution in [2.75, 3.05) is 0 Å². The van der Waals surface area contributed by atoms with Crippen molar-refractivity contribution in [2.24, 2.45) is 11.8 Å². The van der Waals surface area contributed by atoms with Crippen molar-refractivity contribution in [3.8, 4) is 11.1 Å². The first-order valence-electron chi connectivity index (χ1n) is 9.74. The zero-order valence-electron chi connectivity index (χ0n) is 15.4. The van der Waals surface area contributed by atoms with Crippen molar-refractivity contribution in [3.05, 3.63) is 64.7 Å². The number of hydrogen-bond acceptors (Lipinski definition) is 3. The highest BCUT2D eigenvalue weighted by Crippen LogP contribution is 2.46. The molecular formula is C24H22O2S. The second kappa shape index (κ2) is 6.35. The fourth-order valence-electron chi connectivity index (χ4n) is 4.76. The maximum Gasteiger partial charge on any atom is 0.169 e. The fourth-order valence-corrected chi connectivity index (χ4v) is 5.73. The predicted molar refractivity (Wildman–Crippen MR) is 112 cm³/mol. The third-order valence-electron chi connectivity index (χ3n) is 6.24. The van der Waals surface area contributed by atoms with Crippen LogP contribution in [0.4, 0.5) is 0 Å². The molecule has 2 aliphatic rings. The minimum absolute atomic E-state index is 0.0937. The molecule has 2 aromatic carbocycles. The largest absolute Gasteiger partial charge is 0.511 e. The molecule has 1 N–H and O–H groups in total. The van der Waals surface area contributed by atoms with Gasteiger partial charge in [0.15, 0.2) is 5.78 Å². The molecule has 1 saturated carbocycles. The zero-order valence-corrected chi connectivity index (χ0v) is 16.2. The molecule has 0 unspecified atom stereocenters. The minimum atomic E-state index is 0.0937. The summed E-state index contributed by atoms with van der Waals surface area (Å²) in [6.45, 7) is 2.11. The van der Waals surface area contributed by atoms with E-state index < -0.39 is 0 Å². The Labute approximate surface area is 163 Å². The fraction of sp³-hybridized carbons (Fsp3) is 0.292. The molecular weight excluding hydrogens is 352 g/mol. The topological polar surface area (TPSA) is 37.3 Å². The van der Waals surface area contributed by atoms with Crippen LogP contribution < -0.4 is 0 Å². The van der Waals surface area contributed by atoms with E-state index in [9.17, 15) is 9.90 Å². The highest BCUT2D eigenvalue weighted by Gasteiger charge is 2.41. The van der Waals surface area contributed by atoms with Crippen LogP contribution in [0.15, 0.2) is 53.6 Å². The van der Waals surface area contributed by atoms with Crippen LogP contribution in [0.25, 0.3) is 26.8 Å². The van der Waals surface area contributed by atoms with Crippen molar-refractivity contribution < 1.29 is 9.90 Å². The smallest absolute Gasteiger partial charge is 0.169 e. The number of Topliss-reactive ketones (excluding diaryl/α,β-unsaturated/α-hetero) is 1. The molecule has 2 aliphatic carbocycles. The summed E-state index contributed by atoms with van der Waals surface area (Å²) in [7, 11) is 0. The van der Waals surface area contributed by atoms with Crippen LogP contribution in [0.2, 0.25) is 0 Å². The maximum absolute atomic E-state index is 13.1. The zero-order chi connectivity index (χ0) is 18.5. The standard InChI is InChI=1S/C24H22O2S/c1-2-14-7-8-15(20-13-27-21-6-4-3-5-18(20)21)12-19(14)22-23(25)16-9-10-17(11-16)24(22)26/h3-8,12-13,16-17,25H,2,9-11H2,1H3/t16-,17+/m0/s1. The van der Waals surface area contributed by atoms with Gasteiger partial charge in [-0.25, -0.2) is 0 Å². The first kappa shape index (κ1) is 16.8. The normalized spacial score (nSPS) is 22.0. The number of carbonyl (C=O) groups excluding carboxylic acids is 1. The number of aryl methyl sites for hydroxylation is 1. The number of hydrogen-bond donors (Lipinski definition) is 1. The van der Waals surface area contributed by atoms with Crippen LogP contribution in [-0.4, -0.2) is 10.9 Å². The molecule has 0 aliphatic heterocycles. The van der Waals surface area contributed by atoms with Crippen LogP contribution in [0.5, 0.6) is 0 Å². The molecule has 2 nitrogen and oxygen atoms in total. The van der Waals surface area contributed by atoms with Gasteiger partial charge in [-0.3, -0.25) is 4.79 Å². The van der Waals surface area contributed by atoms with Gasteiger partial charge in [-0.2, -0.15) is 0 Å². The van der Waals surface area contributed by atoms with Gasteiger partial charge in [0.1, 0.15) is 5.76 Å². The van der Waals surface area contributed by atoms with E-state index in [1.54, 1.807) is 11.3 Å². The van der Waals surface area contributed by atoms with Gasteiger partial charge in [0.25, 0.3) is 0 Å². The van der Waals surface area contributed by atoms with Crippen LogP contribution in [0, 0.1) is 11.8 Å². The van der Waals surface area contributed by atoms with Gasteiger partial charge in [-0.1, -0.05) is 37.3 Å². The second-order valence-corrected chi connectivity index (χ2v) is 8.61. The number of aliphatic hydroxyl groups excluding tert-OH is 1. The average Bonchev–Trinajstić information content (AvgIpc) is 3.33. The lowest BCUT2D eigenvalue weighted by molar-refractivity contribution is -0.117. The lowest BCUT2D eigenvalue weighted by Crippen LogP contribution is -2.22. The van der Waals surface area contributed by atoms with Gasteiger partial charge in [-0.05, 0) is 59.9 Å². The molecule has 1 fully saturated rings. The summed E-state index contributed by atoms with van der Waals surface area (Å²) in [5.41, 5.74) is 4.97. The Balaban J connectivity index is 1.70. The summed E-state index contributed by atoms with van der Waals surface area (Å²) >= 11 is 1.74. The first-order valence-corrected chi connectivity index (χ1v) is 10.6. The highest BCUT2D eigenvalue weighted by atomic mass is 32.1. The molecule has 1 aromatic heterocycles. The van der Waals surface area contributed by atoms with Gasteiger partial charge in [-0.15, -0.1) is 11.3 Å². The molecule has 3 aromatic rings. The van der Waals surface area contributed by atoms with E-state index in [-0.39, 0.29) is 17.6 Å². The van der Waals surface area contributed by atoms with Crippen molar-refractivity contribution in [2.45, 2.75) is 32.6 Å². The van der Waals surface area contributed by atoms with Gasteiger partial charge in [0.2, 0.25) is 0 Å². The summed E-state index contributed by atoms with van der Waals surface area (Å²) < 4.78 is 1.27. The van der Waals surface area contributed by atoms with Crippen LogP contribution in [0.3, 0.4) is 0 Å². The number of benzene rings is 2. The second-order valence-electron chi connectivity index (χ2n) is 7.70. The lowest BCUT2D eigenvalue weighted by Gasteiger charge is -2.23. The number of allylic oxidation sites excluding steroid dienone is 2. The van der Waals surface area contributed by atoms with E-state index in [0.717, 1.165) is 42.4 Å². The summed E-state index contributed by atoms with van der Waals surface area (Å²) in [5, 5.41) is 14.3. The molecule has 2 bridgehead atoms. The SMILES string of the molecule is CCc1ccc(-c2csc3ccccc23)cc1C1=C(O)[C@H]2CC[C@H](C2)C1=O. The summed E-state index contributed by atoms with van der Waals surface area (Å²) in [6.07, 6.45) is 3.51. The Morgan fingerprint density at radius 2 is 1.89 bits per heavy atom. The minimum Gasteiger partial charge on any atom is -0.511 e. The van der Waals surface area contributed by atoms with E-state index >= 15 is 0 Å². The first-order chi connectivity index (χ1) is 13.2. The van der Waals surface area contributed by atoms with E-state index in [2.05, 4.69) is 54.8 Å². The number of carbonyl (C=O) groups is 1. The van der Waals surface area contributed by atoms with Crippen molar-refractivity contribution >= 4 is 32.8 Å². The third kappa shape index (κ3) is 2.56. The van der Waals surface area contributed by atoms with Gasteiger partial charge >= 0.3 is 0 Å². The number of rotatable bonds is 3. The third-order valence-corrected chi connectivity index (χ3v) is 7.21. The van der Waals surface area contributed by atoms with Crippen LogP contribution in [-0.2, 0) is 11.2 Å². The molecule has 0 saturated heterocycles. The van der Waals surface area contributed by atoms with Gasteiger partial charge in [0, 0.05) is 27.5 Å². The van der Waals surface area contributed by atoms with Crippen molar-refractivity contribution in [1.29, 1.82) is 0 Å². The quantitative estimate of drug-likeness (QED) is 0.576. The van der Waals surface area contributed by atoms with Gasteiger partial charge < -0.3 is 5.11 Å². The molecule has 136 valence electrons. The molecule has 0 radical (unpaired) electrons. The number of aliphatic hydroxyl groups is 1. The summed E-state index contributed by atoms with van der Waals surface area (Å²) in [4.78, 5) is 13.1.